The zero-order valence-electron chi connectivity index (χ0n) is 9.96. The Morgan fingerprint density at radius 3 is 2.68 bits per heavy atom. The van der Waals surface area contributed by atoms with Crippen molar-refractivity contribution in [2.24, 2.45) is 0 Å². The van der Waals surface area contributed by atoms with Crippen molar-refractivity contribution in [2.75, 3.05) is 10.5 Å². The summed E-state index contributed by atoms with van der Waals surface area (Å²) in [5, 5.41) is 0.149. The molecule has 0 aliphatic carbocycles. The van der Waals surface area contributed by atoms with Crippen molar-refractivity contribution < 1.29 is 8.42 Å². The van der Waals surface area contributed by atoms with Crippen molar-refractivity contribution in [3.63, 3.8) is 0 Å². The summed E-state index contributed by atoms with van der Waals surface area (Å²) in [7, 11) is -3.79. The van der Waals surface area contributed by atoms with Gasteiger partial charge in [0, 0.05) is 11.9 Å². The van der Waals surface area contributed by atoms with Gasteiger partial charge in [-0.1, -0.05) is 11.6 Å². The highest BCUT2D eigenvalue weighted by atomic mass is 35.5. The number of anilines is 2. The van der Waals surface area contributed by atoms with Crippen LogP contribution in [0.4, 0.5) is 11.6 Å². The number of hydrogen-bond donors (Lipinski definition) is 2. The molecule has 8 heteroatoms. The largest absolute Gasteiger partial charge is 0.399 e. The number of nitrogens with one attached hydrogen (secondary N) is 1. The average Bonchev–Trinajstić information content (AvgIpc) is 2.26. The van der Waals surface area contributed by atoms with Gasteiger partial charge in [-0.25, -0.2) is 23.1 Å². The molecule has 0 atom stereocenters. The Kier molecular flexibility index (Phi) is 3.59. The van der Waals surface area contributed by atoms with E-state index < -0.39 is 10.0 Å². The first kappa shape index (κ1) is 13.6. The van der Waals surface area contributed by atoms with Gasteiger partial charge < -0.3 is 5.73 Å². The minimum Gasteiger partial charge on any atom is -0.399 e. The van der Waals surface area contributed by atoms with Crippen molar-refractivity contribution in [1.82, 2.24) is 9.97 Å². The molecule has 1 aromatic heterocycles. The van der Waals surface area contributed by atoms with Crippen LogP contribution < -0.4 is 10.5 Å². The molecule has 0 fully saturated rings. The third kappa shape index (κ3) is 3.33. The summed E-state index contributed by atoms with van der Waals surface area (Å²) in [5.74, 6) is -0.0902. The van der Waals surface area contributed by atoms with Crippen LogP contribution in [-0.2, 0) is 10.0 Å². The molecule has 1 heterocycles. The van der Waals surface area contributed by atoms with Crippen LogP contribution in [0, 0.1) is 6.92 Å². The van der Waals surface area contributed by atoms with Gasteiger partial charge >= 0.3 is 0 Å². The van der Waals surface area contributed by atoms with Gasteiger partial charge in [-0.3, -0.25) is 0 Å². The molecule has 2 rings (SSSR count). The Bertz CT molecular complexity index is 698. The lowest BCUT2D eigenvalue weighted by atomic mass is 10.2. The summed E-state index contributed by atoms with van der Waals surface area (Å²) in [5.41, 5.74) is 6.74. The topological polar surface area (TPSA) is 98.0 Å². The standard InChI is InChI=1S/C11H11ClN4O2S/c1-7-4-8(13)6-9(5-7)19(17,18)16-11-14-3-2-10(12)15-11/h2-6H,13H2,1H3,(H,14,15,16). The summed E-state index contributed by atoms with van der Waals surface area (Å²) in [6, 6.07) is 5.99. The number of nitrogens with zero attached hydrogens (tertiary/aromatic N) is 2. The molecular formula is C11H11ClN4O2S. The fourth-order valence-electron chi connectivity index (χ4n) is 1.50. The van der Waals surface area contributed by atoms with E-state index in [9.17, 15) is 8.42 Å². The number of hydrogen-bond acceptors (Lipinski definition) is 5. The fraction of sp³-hybridized carbons (Fsp3) is 0.0909. The normalized spacial score (nSPS) is 11.3. The molecule has 0 saturated heterocycles. The summed E-state index contributed by atoms with van der Waals surface area (Å²) < 4.78 is 26.5. The highest BCUT2D eigenvalue weighted by Crippen LogP contribution is 2.18. The first-order valence-electron chi connectivity index (χ1n) is 5.25. The molecule has 0 radical (unpaired) electrons. The molecule has 19 heavy (non-hydrogen) atoms. The Labute approximate surface area is 115 Å². The quantitative estimate of drug-likeness (QED) is 0.665. The summed E-state index contributed by atoms with van der Waals surface area (Å²) in [6.45, 7) is 1.76. The maximum absolute atomic E-state index is 12.1. The molecule has 0 aliphatic rings. The van der Waals surface area contributed by atoms with Gasteiger partial charge in [0.15, 0.2) is 0 Å². The second-order valence-electron chi connectivity index (χ2n) is 3.89. The Morgan fingerprint density at radius 1 is 1.32 bits per heavy atom. The zero-order valence-corrected chi connectivity index (χ0v) is 11.5. The van der Waals surface area contributed by atoms with Crippen LogP contribution in [-0.4, -0.2) is 18.4 Å². The Hall–Kier alpha value is -1.86. The molecule has 0 unspecified atom stereocenters. The lowest BCUT2D eigenvalue weighted by Crippen LogP contribution is -2.15. The van der Waals surface area contributed by atoms with Gasteiger partial charge in [0.1, 0.15) is 5.15 Å². The molecule has 0 saturated carbocycles. The third-order valence-corrected chi connectivity index (χ3v) is 3.75. The summed E-state index contributed by atoms with van der Waals surface area (Å²) in [4.78, 5) is 7.59. The predicted octanol–water partition coefficient (Wildman–Crippen LogP) is 1.82. The first-order valence-corrected chi connectivity index (χ1v) is 7.11. The Balaban J connectivity index is 2.37. The minimum atomic E-state index is -3.79. The molecular weight excluding hydrogens is 288 g/mol. The van der Waals surface area contributed by atoms with E-state index in [2.05, 4.69) is 14.7 Å². The van der Waals surface area contributed by atoms with Crippen LogP contribution in [0.5, 0.6) is 0 Å². The maximum atomic E-state index is 12.1. The van der Waals surface area contributed by atoms with Crippen molar-refractivity contribution in [1.29, 1.82) is 0 Å². The van der Waals surface area contributed by atoms with Crippen molar-refractivity contribution >= 4 is 33.3 Å². The molecule has 2 aromatic rings. The van der Waals surface area contributed by atoms with Crippen LogP contribution >= 0.6 is 11.6 Å². The highest BCUT2D eigenvalue weighted by molar-refractivity contribution is 7.92. The SMILES string of the molecule is Cc1cc(N)cc(S(=O)(=O)Nc2nccc(Cl)n2)c1. The number of rotatable bonds is 3. The van der Waals surface area contributed by atoms with E-state index in [4.69, 9.17) is 17.3 Å². The smallest absolute Gasteiger partial charge is 0.264 e. The van der Waals surface area contributed by atoms with E-state index in [1.54, 1.807) is 13.0 Å². The molecule has 1 aromatic carbocycles. The number of aryl methyl sites for hydroxylation is 1. The maximum Gasteiger partial charge on any atom is 0.264 e. The van der Waals surface area contributed by atoms with Crippen molar-refractivity contribution in [3.05, 3.63) is 41.2 Å². The molecule has 0 aliphatic heterocycles. The predicted molar refractivity (Wildman–Crippen MR) is 73.4 cm³/mol. The van der Waals surface area contributed by atoms with Crippen molar-refractivity contribution in [2.45, 2.75) is 11.8 Å². The number of sulfonamides is 1. The number of halogens is 1. The van der Waals surface area contributed by atoms with Gasteiger partial charge in [0.05, 0.1) is 4.90 Å². The van der Waals surface area contributed by atoms with Crippen LogP contribution in [0.3, 0.4) is 0 Å². The van der Waals surface area contributed by atoms with Gasteiger partial charge in [0.2, 0.25) is 5.95 Å². The molecule has 6 nitrogen and oxygen atoms in total. The van der Waals surface area contributed by atoms with Gasteiger partial charge in [-0.05, 0) is 36.8 Å². The third-order valence-electron chi connectivity index (χ3n) is 2.23. The number of nitrogen functional groups attached to an aromatic ring is 1. The highest BCUT2D eigenvalue weighted by Gasteiger charge is 2.16. The first-order chi connectivity index (χ1) is 8.87. The van der Waals surface area contributed by atoms with E-state index in [1.807, 2.05) is 0 Å². The molecule has 100 valence electrons. The van der Waals surface area contributed by atoms with E-state index in [0.29, 0.717) is 5.69 Å². The van der Waals surface area contributed by atoms with Crippen LogP contribution in [0.1, 0.15) is 5.56 Å². The minimum absolute atomic E-state index is 0.0496. The zero-order chi connectivity index (χ0) is 14.0. The van der Waals surface area contributed by atoms with Crippen LogP contribution in [0.25, 0.3) is 0 Å². The van der Waals surface area contributed by atoms with E-state index in [1.165, 1.54) is 24.4 Å². The van der Waals surface area contributed by atoms with Gasteiger partial charge in [-0.15, -0.1) is 0 Å². The van der Waals surface area contributed by atoms with Gasteiger partial charge in [-0.2, -0.15) is 0 Å². The van der Waals surface area contributed by atoms with Gasteiger partial charge in [0.25, 0.3) is 10.0 Å². The van der Waals surface area contributed by atoms with E-state index in [0.717, 1.165) is 5.56 Å². The average molecular weight is 299 g/mol. The molecule has 3 N–H and O–H groups in total. The summed E-state index contributed by atoms with van der Waals surface area (Å²) >= 11 is 5.66. The van der Waals surface area contributed by atoms with E-state index >= 15 is 0 Å². The monoisotopic (exact) mass is 298 g/mol. The molecule has 0 spiro atoms. The second-order valence-corrected chi connectivity index (χ2v) is 5.96. The number of aromatic nitrogens is 2. The van der Waals surface area contributed by atoms with Crippen molar-refractivity contribution in [3.8, 4) is 0 Å². The number of nitrogens with two attached hydrogens (primary N) is 1. The van der Waals surface area contributed by atoms with Crippen LogP contribution in [0.15, 0.2) is 35.4 Å². The molecule has 0 amide bonds. The second kappa shape index (κ2) is 5.02. The lowest BCUT2D eigenvalue weighted by Gasteiger charge is -2.08. The molecule has 0 bridgehead atoms. The lowest BCUT2D eigenvalue weighted by molar-refractivity contribution is 0.600. The Morgan fingerprint density at radius 2 is 2.05 bits per heavy atom. The fourth-order valence-corrected chi connectivity index (χ4v) is 2.72. The summed E-state index contributed by atoms with van der Waals surface area (Å²) in [6.07, 6.45) is 1.36. The number of benzene rings is 1. The van der Waals surface area contributed by atoms with E-state index in [-0.39, 0.29) is 16.0 Å². The van der Waals surface area contributed by atoms with Crippen LogP contribution in [0.2, 0.25) is 5.15 Å².